The smallest absolute Gasteiger partial charge is 0.311 e. The van der Waals surface area contributed by atoms with Gasteiger partial charge in [-0.25, -0.2) is 0 Å². The van der Waals surface area contributed by atoms with E-state index in [2.05, 4.69) is 30.1 Å². The molecule has 0 spiro atoms. The molecule has 0 saturated heterocycles. The highest BCUT2D eigenvalue weighted by Gasteiger charge is 2.35. The van der Waals surface area contributed by atoms with Crippen molar-refractivity contribution in [1.82, 2.24) is 4.98 Å². The molecular weight excluding hydrogens is 273 g/mol. The van der Waals surface area contributed by atoms with E-state index in [1.807, 2.05) is 38.2 Å². The Kier molecular flexibility index (Phi) is 4.73. The van der Waals surface area contributed by atoms with Crippen molar-refractivity contribution in [3.8, 4) is 11.3 Å². The second kappa shape index (κ2) is 6.23. The molecule has 116 valence electrons. The maximum atomic E-state index is 10.1. The van der Waals surface area contributed by atoms with E-state index in [4.69, 9.17) is 4.65 Å². The highest BCUT2D eigenvalue weighted by atomic mass is 16.5. The van der Waals surface area contributed by atoms with Gasteiger partial charge in [-0.05, 0) is 46.1 Å². The number of aromatic nitrogens is 1. The summed E-state index contributed by atoms with van der Waals surface area (Å²) in [4.78, 5) is 4.53. The van der Waals surface area contributed by atoms with Crippen LogP contribution in [0, 0.1) is 6.92 Å². The Bertz CT molecular complexity index is 633. The van der Waals surface area contributed by atoms with Crippen LogP contribution in [-0.4, -0.2) is 28.8 Å². The van der Waals surface area contributed by atoms with Crippen molar-refractivity contribution in [2.45, 2.75) is 45.8 Å². The van der Waals surface area contributed by atoms with Gasteiger partial charge in [0.25, 0.3) is 0 Å². The van der Waals surface area contributed by atoms with Gasteiger partial charge in [0.05, 0.1) is 16.9 Å². The Morgan fingerprint density at radius 3 is 2.27 bits per heavy atom. The van der Waals surface area contributed by atoms with E-state index < -0.39 is 11.2 Å². The van der Waals surface area contributed by atoms with E-state index in [9.17, 15) is 5.11 Å². The van der Waals surface area contributed by atoms with Gasteiger partial charge in [0.15, 0.2) is 0 Å². The molecule has 1 aromatic heterocycles. The van der Waals surface area contributed by atoms with Crippen LogP contribution in [0.2, 0.25) is 0 Å². The summed E-state index contributed by atoms with van der Waals surface area (Å²) in [5.74, 6) is 0. The summed E-state index contributed by atoms with van der Waals surface area (Å²) in [6.07, 6.45) is 1.86. The predicted molar refractivity (Wildman–Crippen MR) is 92.7 cm³/mol. The second-order valence-corrected chi connectivity index (χ2v) is 6.72. The van der Waals surface area contributed by atoms with Crippen LogP contribution in [0.3, 0.4) is 0 Å². The summed E-state index contributed by atoms with van der Waals surface area (Å²) in [6, 6.07) is 12.2. The molecule has 1 N–H and O–H groups in total. The van der Waals surface area contributed by atoms with Crippen molar-refractivity contribution in [1.29, 1.82) is 0 Å². The van der Waals surface area contributed by atoms with Crippen LogP contribution in [0.1, 0.15) is 33.3 Å². The number of hydrogen-bond donors (Lipinski definition) is 1. The third-order valence-corrected chi connectivity index (χ3v) is 4.35. The fourth-order valence-corrected chi connectivity index (χ4v) is 1.94. The minimum absolute atomic E-state index is 0.435. The highest BCUT2D eigenvalue weighted by Crippen LogP contribution is 2.24. The number of aryl methyl sites for hydroxylation is 1. The molecule has 0 aliphatic heterocycles. The molecule has 0 radical (unpaired) electrons. The topological polar surface area (TPSA) is 42.4 Å². The van der Waals surface area contributed by atoms with Crippen LogP contribution < -0.4 is 5.46 Å². The van der Waals surface area contributed by atoms with E-state index >= 15 is 0 Å². The molecule has 0 aliphatic rings. The summed E-state index contributed by atoms with van der Waals surface area (Å²) < 4.78 is 5.92. The zero-order valence-electron chi connectivity index (χ0n) is 14.1. The first-order valence-corrected chi connectivity index (χ1v) is 7.58. The number of pyridine rings is 1. The Labute approximate surface area is 133 Å². The second-order valence-electron chi connectivity index (χ2n) is 6.72. The van der Waals surface area contributed by atoms with Crippen molar-refractivity contribution < 1.29 is 9.76 Å². The van der Waals surface area contributed by atoms with E-state index in [-0.39, 0.29) is 0 Å². The summed E-state index contributed by atoms with van der Waals surface area (Å²) in [5, 5.41) is 10.1. The van der Waals surface area contributed by atoms with Gasteiger partial charge < -0.3 is 9.76 Å². The van der Waals surface area contributed by atoms with Crippen LogP contribution in [0.25, 0.3) is 11.3 Å². The maximum absolute atomic E-state index is 10.1. The molecule has 1 aromatic carbocycles. The Hall–Kier alpha value is -1.65. The maximum Gasteiger partial charge on any atom is 0.311 e. The number of rotatable bonds is 5. The van der Waals surface area contributed by atoms with Crippen molar-refractivity contribution >= 4 is 12.9 Å². The first-order valence-electron chi connectivity index (χ1n) is 7.58. The Morgan fingerprint density at radius 1 is 1.09 bits per heavy atom. The molecule has 3 nitrogen and oxygen atoms in total. The van der Waals surface area contributed by atoms with Crippen molar-refractivity contribution in [3.05, 3.63) is 48.2 Å². The summed E-state index contributed by atoms with van der Waals surface area (Å²) >= 11 is 0. The monoisotopic (exact) mass is 297 g/mol. The Balaban J connectivity index is 2.15. The van der Waals surface area contributed by atoms with Gasteiger partial charge in [-0.15, -0.1) is 0 Å². The third-order valence-electron chi connectivity index (χ3n) is 4.35. The van der Waals surface area contributed by atoms with E-state index in [0.717, 1.165) is 22.3 Å². The fourth-order valence-electron chi connectivity index (χ4n) is 1.94. The van der Waals surface area contributed by atoms with Gasteiger partial charge in [-0.3, -0.25) is 4.98 Å². The lowest BCUT2D eigenvalue weighted by molar-refractivity contribution is -0.0893. The molecule has 0 amide bonds. The predicted octanol–water partition coefficient (Wildman–Crippen LogP) is 2.60. The largest absolute Gasteiger partial charge is 0.427 e. The fraction of sp³-hybridized carbons (Fsp3) is 0.389. The van der Waals surface area contributed by atoms with Crippen molar-refractivity contribution in [2.75, 3.05) is 0 Å². The molecule has 0 unspecified atom stereocenters. The average molecular weight is 297 g/mol. The van der Waals surface area contributed by atoms with Crippen LogP contribution >= 0.6 is 0 Å². The first-order chi connectivity index (χ1) is 10.2. The minimum Gasteiger partial charge on any atom is -0.427 e. The molecule has 1 heterocycles. The first kappa shape index (κ1) is 16.7. The molecule has 0 atom stereocenters. The number of benzene rings is 1. The molecule has 2 aromatic rings. The lowest BCUT2D eigenvalue weighted by Crippen LogP contribution is -2.49. The van der Waals surface area contributed by atoms with Crippen LogP contribution in [-0.2, 0) is 4.65 Å². The van der Waals surface area contributed by atoms with E-state index in [1.165, 1.54) is 0 Å². The summed E-state index contributed by atoms with van der Waals surface area (Å²) in [5.41, 5.74) is 2.71. The number of hydrogen-bond acceptors (Lipinski definition) is 3. The summed E-state index contributed by atoms with van der Waals surface area (Å²) in [7, 11) is 0.435. The molecular formula is C18H24BNO2. The van der Waals surface area contributed by atoms with Crippen LogP contribution in [0.15, 0.2) is 42.6 Å². The van der Waals surface area contributed by atoms with Gasteiger partial charge in [-0.2, -0.15) is 0 Å². The standard InChI is InChI=1S/C18H24BNO2/c1-13-11-16(14-9-7-6-8-10-14)20-12-15(13)19-22-18(4,5)17(2,3)21/h6-12,19,21H,1-5H3. The zero-order valence-corrected chi connectivity index (χ0v) is 14.1. The number of aliphatic hydroxyl groups is 1. The van der Waals surface area contributed by atoms with Crippen LogP contribution in [0.5, 0.6) is 0 Å². The molecule has 22 heavy (non-hydrogen) atoms. The zero-order chi connectivity index (χ0) is 16.4. The SMILES string of the molecule is Cc1cc(-c2ccccc2)ncc1BOC(C)(C)C(C)(C)O. The molecule has 0 bridgehead atoms. The van der Waals surface area contributed by atoms with E-state index in [0.29, 0.717) is 7.48 Å². The Morgan fingerprint density at radius 2 is 1.73 bits per heavy atom. The summed E-state index contributed by atoms with van der Waals surface area (Å²) in [6.45, 7) is 9.37. The molecule has 2 rings (SSSR count). The number of nitrogens with zero attached hydrogens (tertiary/aromatic N) is 1. The van der Waals surface area contributed by atoms with Gasteiger partial charge in [0, 0.05) is 11.8 Å². The van der Waals surface area contributed by atoms with Gasteiger partial charge in [-0.1, -0.05) is 35.9 Å². The lowest BCUT2D eigenvalue weighted by Gasteiger charge is -2.37. The molecule has 0 fully saturated rings. The molecule has 4 heteroatoms. The van der Waals surface area contributed by atoms with Crippen molar-refractivity contribution in [2.24, 2.45) is 0 Å². The van der Waals surface area contributed by atoms with Crippen LogP contribution in [0.4, 0.5) is 0 Å². The normalized spacial score (nSPS) is 12.3. The van der Waals surface area contributed by atoms with E-state index in [1.54, 1.807) is 13.8 Å². The quantitative estimate of drug-likeness (QED) is 0.863. The van der Waals surface area contributed by atoms with Gasteiger partial charge >= 0.3 is 7.48 Å². The lowest BCUT2D eigenvalue weighted by atomic mass is 9.81. The molecule has 0 aliphatic carbocycles. The average Bonchev–Trinajstić information content (AvgIpc) is 2.45. The highest BCUT2D eigenvalue weighted by molar-refractivity contribution is 6.47. The van der Waals surface area contributed by atoms with Crippen molar-refractivity contribution in [3.63, 3.8) is 0 Å². The minimum atomic E-state index is -0.904. The van der Waals surface area contributed by atoms with Gasteiger partial charge in [0.2, 0.25) is 0 Å². The third kappa shape index (κ3) is 3.76. The molecule has 0 saturated carbocycles. The van der Waals surface area contributed by atoms with Gasteiger partial charge in [0.1, 0.15) is 0 Å².